The highest BCUT2D eigenvalue weighted by Crippen LogP contribution is 2.24. The van der Waals surface area contributed by atoms with Crippen LogP contribution in [-0.2, 0) is 26.2 Å². The summed E-state index contributed by atoms with van der Waals surface area (Å²) in [6, 6.07) is 12.5. The molecule has 0 aliphatic rings. The fourth-order valence-corrected chi connectivity index (χ4v) is 4.31. The van der Waals surface area contributed by atoms with Crippen molar-refractivity contribution in [3.8, 4) is 5.75 Å². The number of ether oxygens (including phenoxy) is 1. The van der Waals surface area contributed by atoms with Gasteiger partial charge >= 0.3 is 0 Å². The van der Waals surface area contributed by atoms with Crippen LogP contribution in [0.25, 0.3) is 0 Å². The molecule has 0 spiro atoms. The second-order valence-corrected chi connectivity index (χ2v) is 10.5. The number of sulfonamides is 1. The maximum atomic E-state index is 13.5. The Morgan fingerprint density at radius 1 is 1.12 bits per heavy atom. The third kappa shape index (κ3) is 7.63. The van der Waals surface area contributed by atoms with E-state index in [-0.39, 0.29) is 24.2 Å². The molecule has 0 radical (unpaired) electrons. The van der Waals surface area contributed by atoms with Crippen molar-refractivity contribution in [3.05, 3.63) is 59.1 Å². The van der Waals surface area contributed by atoms with E-state index in [2.05, 4.69) is 5.32 Å². The van der Waals surface area contributed by atoms with E-state index in [9.17, 15) is 18.0 Å². The van der Waals surface area contributed by atoms with Crippen molar-refractivity contribution in [1.29, 1.82) is 0 Å². The monoisotopic (exact) mass is 509 g/mol. The molecule has 186 valence electrons. The zero-order valence-corrected chi connectivity index (χ0v) is 21.7. The van der Waals surface area contributed by atoms with E-state index in [1.165, 1.54) is 18.1 Å². The Bertz CT molecular complexity index is 1110. The summed E-state index contributed by atoms with van der Waals surface area (Å²) in [4.78, 5) is 27.7. The molecule has 0 fully saturated rings. The first-order valence-corrected chi connectivity index (χ1v) is 13.1. The normalized spacial score (nSPS) is 13.0. The maximum absolute atomic E-state index is 13.5. The summed E-state index contributed by atoms with van der Waals surface area (Å²) in [6.07, 6.45) is 1.76. The predicted molar refractivity (Wildman–Crippen MR) is 135 cm³/mol. The zero-order valence-electron chi connectivity index (χ0n) is 20.1. The second kappa shape index (κ2) is 12.1. The van der Waals surface area contributed by atoms with E-state index in [4.69, 9.17) is 16.3 Å². The Hall–Kier alpha value is -2.78. The van der Waals surface area contributed by atoms with Crippen LogP contribution in [0.4, 0.5) is 5.69 Å². The minimum absolute atomic E-state index is 0.0672. The van der Waals surface area contributed by atoms with Gasteiger partial charge in [0, 0.05) is 23.7 Å². The lowest BCUT2D eigenvalue weighted by Gasteiger charge is -2.32. The average molecular weight is 510 g/mol. The van der Waals surface area contributed by atoms with Crippen LogP contribution in [0.3, 0.4) is 0 Å². The molecule has 2 aromatic rings. The lowest BCUT2D eigenvalue weighted by Crippen LogP contribution is -2.52. The summed E-state index contributed by atoms with van der Waals surface area (Å²) in [5.74, 6) is -0.396. The first kappa shape index (κ1) is 27.5. The molecule has 0 aromatic heterocycles. The largest absolute Gasteiger partial charge is 0.497 e. The van der Waals surface area contributed by atoms with E-state index in [0.29, 0.717) is 10.8 Å². The number of rotatable bonds is 11. The van der Waals surface area contributed by atoms with Crippen LogP contribution in [0.2, 0.25) is 5.02 Å². The van der Waals surface area contributed by atoms with Gasteiger partial charge in [0.05, 0.1) is 19.1 Å². The van der Waals surface area contributed by atoms with Gasteiger partial charge in [-0.2, -0.15) is 0 Å². The van der Waals surface area contributed by atoms with Crippen LogP contribution in [0, 0.1) is 0 Å². The van der Waals surface area contributed by atoms with Gasteiger partial charge in [0.2, 0.25) is 21.8 Å². The molecule has 0 aliphatic carbocycles. The van der Waals surface area contributed by atoms with E-state index >= 15 is 0 Å². The standard InChI is InChI=1S/C24H32ClN3O5S/c1-6-17(2)26-24(30)18(3)27(15-19-9-7-10-20(25)13-19)23(29)16-28(34(5,31)32)21-11-8-12-22(14-21)33-4/h7-14,17-18H,6,15-16H2,1-5H3,(H,26,30)/t17-,18+/m0/s1. The number of carbonyl (C=O) groups is 2. The minimum Gasteiger partial charge on any atom is -0.497 e. The third-order valence-electron chi connectivity index (χ3n) is 5.43. The molecule has 1 N–H and O–H groups in total. The van der Waals surface area contributed by atoms with Gasteiger partial charge in [-0.3, -0.25) is 13.9 Å². The molecular formula is C24H32ClN3O5S. The first-order chi connectivity index (χ1) is 16.0. The lowest BCUT2D eigenvalue weighted by molar-refractivity contribution is -0.139. The number of hydrogen-bond donors (Lipinski definition) is 1. The van der Waals surface area contributed by atoms with Gasteiger partial charge in [-0.15, -0.1) is 0 Å². The highest BCUT2D eigenvalue weighted by Gasteiger charge is 2.30. The Morgan fingerprint density at radius 2 is 1.79 bits per heavy atom. The Balaban J connectivity index is 2.40. The van der Waals surface area contributed by atoms with Gasteiger partial charge < -0.3 is 15.0 Å². The lowest BCUT2D eigenvalue weighted by atomic mass is 10.1. The zero-order chi connectivity index (χ0) is 25.5. The van der Waals surface area contributed by atoms with Crippen LogP contribution in [-0.4, -0.2) is 57.1 Å². The average Bonchev–Trinajstić information content (AvgIpc) is 2.79. The number of methoxy groups -OCH3 is 1. The molecule has 0 aliphatic heterocycles. The van der Waals surface area contributed by atoms with Crippen LogP contribution in [0.1, 0.15) is 32.8 Å². The van der Waals surface area contributed by atoms with E-state index in [1.54, 1.807) is 49.4 Å². The Morgan fingerprint density at radius 3 is 2.38 bits per heavy atom. The first-order valence-electron chi connectivity index (χ1n) is 10.9. The minimum atomic E-state index is -3.81. The van der Waals surface area contributed by atoms with Crippen LogP contribution < -0.4 is 14.4 Å². The van der Waals surface area contributed by atoms with E-state index < -0.39 is 28.5 Å². The van der Waals surface area contributed by atoms with Crippen LogP contribution >= 0.6 is 11.6 Å². The van der Waals surface area contributed by atoms with Gasteiger partial charge in [0.25, 0.3) is 0 Å². The molecular weight excluding hydrogens is 478 g/mol. The van der Waals surface area contributed by atoms with Crippen molar-refractivity contribution in [2.75, 3.05) is 24.2 Å². The molecule has 2 amide bonds. The van der Waals surface area contributed by atoms with Crippen LogP contribution in [0.5, 0.6) is 5.75 Å². The molecule has 2 aromatic carbocycles. The SMILES string of the molecule is CC[C@H](C)NC(=O)[C@@H](C)N(Cc1cccc(Cl)c1)C(=O)CN(c1cccc(OC)c1)S(C)(=O)=O. The molecule has 0 saturated heterocycles. The van der Waals surface area contributed by atoms with Gasteiger partial charge in [0.15, 0.2) is 0 Å². The number of anilines is 1. The maximum Gasteiger partial charge on any atom is 0.244 e. The highest BCUT2D eigenvalue weighted by atomic mass is 35.5. The number of nitrogens with zero attached hydrogens (tertiary/aromatic N) is 2. The molecule has 0 unspecified atom stereocenters. The Kier molecular flexibility index (Phi) is 9.76. The molecule has 8 nitrogen and oxygen atoms in total. The number of halogens is 1. The predicted octanol–water partition coefficient (Wildman–Crippen LogP) is 3.45. The summed E-state index contributed by atoms with van der Waals surface area (Å²) in [5.41, 5.74) is 1.01. The van der Waals surface area contributed by atoms with Gasteiger partial charge in [0.1, 0.15) is 18.3 Å². The van der Waals surface area contributed by atoms with Crippen LogP contribution in [0.15, 0.2) is 48.5 Å². The molecule has 0 heterocycles. The van der Waals surface area contributed by atoms with Crippen molar-refractivity contribution >= 4 is 39.1 Å². The highest BCUT2D eigenvalue weighted by molar-refractivity contribution is 7.92. The van der Waals surface area contributed by atoms with Gasteiger partial charge in [-0.25, -0.2) is 8.42 Å². The molecule has 0 saturated carbocycles. The van der Waals surface area contributed by atoms with Crippen molar-refractivity contribution in [3.63, 3.8) is 0 Å². The van der Waals surface area contributed by atoms with Gasteiger partial charge in [-0.1, -0.05) is 36.7 Å². The van der Waals surface area contributed by atoms with Crippen molar-refractivity contribution in [2.24, 2.45) is 0 Å². The number of amides is 2. The van der Waals surface area contributed by atoms with E-state index in [0.717, 1.165) is 22.5 Å². The Labute approximate surface area is 206 Å². The molecule has 2 rings (SSSR count). The number of benzene rings is 2. The number of hydrogen-bond acceptors (Lipinski definition) is 5. The quantitative estimate of drug-likeness (QED) is 0.500. The fraction of sp³-hybridized carbons (Fsp3) is 0.417. The molecule has 10 heteroatoms. The molecule has 34 heavy (non-hydrogen) atoms. The van der Waals surface area contributed by atoms with E-state index in [1.807, 2.05) is 13.8 Å². The molecule has 0 bridgehead atoms. The smallest absolute Gasteiger partial charge is 0.244 e. The summed E-state index contributed by atoms with van der Waals surface area (Å²) in [5, 5.41) is 3.38. The third-order valence-corrected chi connectivity index (χ3v) is 6.81. The number of nitrogens with one attached hydrogen (secondary N) is 1. The molecule has 2 atom stereocenters. The summed E-state index contributed by atoms with van der Waals surface area (Å²) < 4.78 is 31.4. The topological polar surface area (TPSA) is 96.0 Å². The second-order valence-electron chi connectivity index (χ2n) is 8.12. The van der Waals surface area contributed by atoms with Crippen molar-refractivity contribution in [1.82, 2.24) is 10.2 Å². The number of carbonyl (C=O) groups excluding carboxylic acids is 2. The summed E-state index contributed by atoms with van der Waals surface area (Å²) >= 11 is 6.11. The van der Waals surface area contributed by atoms with Crippen molar-refractivity contribution < 1.29 is 22.7 Å². The van der Waals surface area contributed by atoms with Gasteiger partial charge in [-0.05, 0) is 50.1 Å². The van der Waals surface area contributed by atoms with Crippen molar-refractivity contribution in [2.45, 2.75) is 45.8 Å². The summed E-state index contributed by atoms with van der Waals surface area (Å²) in [6.45, 7) is 5.05. The fourth-order valence-electron chi connectivity index (χ4n) is 3.26. The summed E-state index contributed by atoms with van der Waals surface area (Å²) in [7, 11) is -2.34.